The van der Waals surface area contributed by atoms with E-state index in [2.05, 4.69) is 29.6 Å². The van der Waals surface area contributed by atoms with Crippen LogP contribution >= 0.6 is 0 Å². The second-order valence-corrected chi connectivity index (χ2v) is 5.90. The summed E-state index contributed by atoms with van der Waals surface area (Å²) >= 11 is 0. The van der Waals surface area contributed by atoms with Crippen molar-refractivity contribution in [2.24, 2.45) is 11.3 Å². The highest BCUT2D eigenvalue weighted by atomic mass is 19.1. The molecule has 0 bridgehead atoms. The number of nitrogen functional groups attached to an aromatic ring is 1. The van der Waals surface area contributed by atoms with E-state index in [0.29, 0.717) is 0 Å². The fraction of sp³-hybridized carbons (Fsp3) is 0.615. The van der Waals surface area contributed by atoms with Crippen molar-refractivity contribution in [3.8, 4) is 0 Å². The first-order chi connectivity index (χ1) is 8.91. The lowest BCUT2D eigenvalue weighted by molar-refractivity contribution is 0.229. The van der Waals surface area contributed by atoms with E-state index in [9.17, 15) is 8.78 Å². The second-order valence-electron chi connectivity index (χ2n) is 5.90. The van der Waals surface area contributed by atoms with Gasteiger partial charge in [-0.05, 0) is 24.7 Å². The van der Waals surface area contributed by atoms with Crippen LogP contribution < -0.4 is 16.6 Å². The third-order valence-corrected chi connectivity index (χ3v) is 3.61. The Morgan fingerprint density at radius 2 is 2.00 bits per heavy atom. The molecule has 1 aromatic heterocycles. The maximum absolute atomic E-state index is 13.7. The lowest BCUT2D eigenvalue weighted by atomic mass is 9.75. The largest absolute Gasteiger partial charge is 0.365 e. The van der Waals surface area contributed by atoms with Crippen molar-refractivity contribution in [2.75, 3.05) is 10.7 Å². The number of hydrogen-bond donors (Lipinski definition) is 3. The minimum absolute atomic E-state index is 0.0528. The number of rotatable bonds is 3. The Hall–Kier alpha value is -1.43. The molecule has 1 aromatic rings. The Kier molecular flexibility index (Phi) is 3.89. The average Bonchev–Trinajstić information content (AvgIpc) is 2.31. The van der Waals surface area contributed by atoms with Crippen LogP contribution in [0.1, 0.15) is 39.5 Å². The van der Waals surface area contributed by atoms with E-state index in [0.717, 1.165) is 25.3 Å². The van der Waals surface area contributed by atoms with Crippen molar-refractivity contribution >= 4 is 11.6 Å². The minimum Gasteiger partial charge on any atom is -0.365 e. The van der Waals surface area contributed by atoms with Gasteiger partial charge in [-0.1, -0.05) is 20.3 Å². The van der Waals surface area contributed by atoms with E-state index in [1.54, 1.807) is 0 Å². The van der Waals surface area contributed by atoms with Crippen LogP contribution in [0.5, 0.6) is 0 Å². The Labute approximate surface area is 111 Å². The first-order valence-electron chi connectivity index (χ1n) is 6.50. The minimum atomic E-state index is -0.797. The van der Waals surface area contributed by atoms with Gasteiger partial charge in [-0.25, -0.2) is 19.6 Å². The molecule has 19 heavy (non-hydrogen) atoms. The van der Waals surface area contributed by atoms with Crippen molar-refractivity contribution in [2.45, 2.75) is 45.6 Å². The van der Waals surface area contributed by atoms with Crippen LogP contribution in [-0.4, -0.2) is 11.0 Å². The lowest BCUT2D eigenvalue weighted by Gasteiger charge is -2.35. The normalized spacial score (nSPS) is 22.1. The van der Waals surface area contributed by atoms with Crippen molar-refractivity contribution in [1.29, 1.82) is 0 Å². The van der Waals surface area contributed by atoms with Crippen molar-refractivity contribution in [1.82, 2.24) is 4.98 Å². The molecule has 0 amide bonds. The summed E-state index contributed by atoms with van der Waals surface area (Å²) in [4.78, 5) is 3.83. The summed E-state index contributed by atoms with van der Waals surface area (Å²) in [6, 6.07) is 0.945. The number of halogens is 2. The third kappa shape index (κ3) is 3.32. The van der Waals surface area contributed by atoms with Crippen molar-refractivity contribution in [3.05, 3.63) is 17.7 Å². The van der Waals surface area contributed by atoms with Gasteiger partial charge in [0, 0.05) is 12.1 Å². The summed E-state index contributed by atoms with van der Waals surface area (Å²) in [5.41, 5.74) is 2.36. The standard InChI is InChI=1S/C13H20F2N4/c1-13(2)5-3-4-8(7-13)17-11-9(14)6-10(15)12(18-11)19-16/h6,8H,3-5,7,16H2,1-2H3,(H2,17,18,19). The Bertz CT molecular complexity index is 462. The third-order valence-electron chi connectivity index (χ3n) is 3.61. The van der Waals surface area contributed by atoms with Gasteiger partial charge in [-0.3, -0.25) is 0 Å². The second kappa shape index (κ2) is 5.28. The molecule has 1 unspecified atom stereocenters. The van der Waals surface area contributed by atoms with Crippen LogP contribution in [0, 0.1) is 17.0 Å². The molecule has 1 atom stereocenters. The van der Waals surface area contributed by atoms with E-state index < -0.39 is 11.6 Å². The number of nitrogens with two attached hydrogens (primary N) is 1. The van der Waals surface area contributed by atoms with Crippen LogP contribution in [0.2, 0.25) is 0 Å². The Balaban J connectivity index is 2.14. The van der Waals surface area contributed by atoms with Gasteiger partial charge in [0.1, 0.15) is 0 Å². The maximum atomic E-state index is 13.7. The molecule has 0 aliphatic heterocycles. The number of nitrogens with one attached hydrogen (secondary N) is 2. The molecule has 1 heterocycles. The maximum Gasteiger partial charge on any atom is 0.178 e. The molecule has 0 radical (unpaired) electrons. The van der Waals surface area contributed by atoms with Crippen molar-refractivity contribution in [3.63, 3.8) is 0 Å². The van der Waals surface area contributed by atoms with E-state index in [1.165, 1.54) is 6.42 Å². The number of aromatic nitrogens is 1. The summed E-state index contributed by atoms with van der Waals surface area (Å²) in [5, 5.41) is 3.06. The molecule has 4 N–H and O–H groups in total. The quantitative estimate of drug-likeness (QED) is 0.583. The van der Waals surface area contributed by atoms with Gasteiger partial charge >= 0.3 is 0 Å². The molecule has 0 spiro atoms. The van der Waals surface area contributed by atoms with Crippen LogP contribution in [-0.2, 0) is 0 Å². The predicted molar refractivity (Wildman–Crippen MR) is 71.6 cm³/mol. The summed E-state index contributed by atoms with van der Waals surface area (Å²) in [6.07, 6.45) is 4.17. The van der Waals surface area contributed by atoms with Gasteiger partial charge < -0.3 is 10.7 Å². The monoisotopic (exact) mass is 270 g/mol. The van der Waals surface area contributed by atoms with E-state index in [1.807, 2.05) is 0 Å². The number of pyridine rings is 1. The van der Waals surface area contributed by atoms with E-state index >= 15 is 0 Å². The van der Waals surface area contributed by atoms with Gasteiger partial charge in [0.25, 0.3) is 0 Å². The molecular formula is C13H20F2N4. The van der Waals surface area contributed by atoms with Gasteiger partial charge in [0.15, 0.2) is 23.3 Å². The highest BCUT2D eigenvalue weighted by molar-refractivity contribution is 5.47. The molecule has 0 saturated heterocycles. The molecule has 106 valence electrons. The smallest absolute Gasteiger partial charge is 0.178 e. The molecule has 1 saturated carbocycles. The fourth-order valence-corrected chi connectivity index (χ4v) is 2.68. The highest BCUT2D eigenvalue weighted by Gasteiger charge is 2.28. The van der Waals surface area contributed by atoms with Crippen molar-refractivity contribution < 1.29 is 8.78 Å². The van der Waals surface area contributed by atoms with Gasteiger partial charge in [-0.15, -0.1) is 0 Å². The highest BCUT2D eigenvalue weighted by Crippen LogP contribution is 2.36. The van der Waals surface area contributed by atoms with Gasteiger partial charge in [-0.2, -0.15) is 0 Å². The van der Waals surface area contributed by atoms with Crippen LogP contribution in [0.15, 0.2) is 6.07 Å². The number of hydrazine groups is 1. The summed E-state index contributed by atoms with van der Waals surface area (Å²) in [5.74, 6) is 3.55. The Morgan fingerprint density at radius 1 is 1.32 bits per heavy atom. The van der Waals surface area contributed by atoms with E-state index in [4.69, 9.17) is 5.84 Å². The zero-order valence-electron chi connectivity index (χ0n) is 11.3. The summed E-state index contributed by atoms with van der Waals surface area (Å²) in [7, 11) is 0. The molecule has 1 aliphatic rings. The Morgan fingerprint density at radius 3 is 2.63 bits per heavy atom. The SMILES string of the molecule is CC1(C)CCCC(Nc2nc(NN)c(F)cc2F)C1. The topological polar surface area (TPSA) is 63.0 Å². The molecule has 6 heteroatoms. The van der Waals surface area contributed by atoms with E-state index in [-0.39, 0.29) is 23.1 Å². The van der Waals surface area contributed by atoms with Gasteiger partial charge in [0.05, 0.1) is 0 Å². The summed E-state index contributed by atoms with van der Waals surface area (Å²) in [6.45, 7) is 4.39. The molecule has 4 nitrogen and oxygen atoms in total. The predicted octanol–water partition coefficient (Wildman–Crippen LogP) is 3.03. The zero-order valence-corrected chi connectivity index (χ0v) is 11.3. The van der Waals surface area contributed by atoms with Crippen LogP contribution in [0.3, 0.4) is 0 Å². The molecule has 2 rings (SSSR count). The first-order valence-corrected chi connectivity index (χ1v) is 6.50. The summed E-state index contributed by atoms with van der Waals surface area (Å²) < 4.78 is 26.9. The molecule has 1 aliphatic carbocycles. The number of nitrogens with zero attached hydrogens (tertiary/aromatic N) is 1. The van der Waals surface area contributed by atoms with Crippen LogP contribution in [0.4, 0.5) is 20.4 Å². The first kappa shape index (κ1) is 14.0. The number of anilines is 2. The fourth-order valence-electron chi connectivity index (χ4n) is 2.68. The van der Waals surface area contributed by atoms with Gasteiger partial charge in [0.2, 0.25) is 0 Å². The molecular weight excluding hydrogens is 250 g/mol. The molecule has 1 fully saturated rings. The zero-order chi connectivity index (χ0) is 14.0. The van der Waals surface area contributed by atoms with Crippen LogP contribution in [0.25, 0.3) is 0 Å². The number of hydrogen-bond acceptors (Lipinski definition) is 4. The molecule has 0 aromatic carbocycles. The average molecular weight is 270 g/mol. The lowest BCUT2D eigenvalue weighted by Crippen LogP contribution is -2.32.